The zero-order valence-corrected chi connectivity index (χ0v) is 14.3. The van der Waals surface area contributed by atoms with E-state index in [1.54, 1.807) is 0 Å². The van der Waals surface area contributed by atoms with Gasteiger partial charge >= 0.3 is 0 Å². The van der Waals surface area contributed by atoms with Gasteiger partial charge < -0.3 is 5.32 Å². The molecular weight excluding hydrogens is 328 g/mol. The average molecular weight is 351 g/mol. The van der Waals surface area contributed by atoms with Crippen LogP contribution < -0.4 is 5.32 Å². The standard InChI is InChI=1S/C16H23BrN4/c1-3-8-18-15(11-13-6-5-7-14(17)10-13)16-12-19-20-21(16)9-4-2/h5-7,10,12,15,18H,3-4,8-9,11H2,1-2H3. The van der Waals surface area contributed by atoms with E-state index >= 15 is 0 Å². The van der Waals surface area contributed by atoms with E-state index in [2.05, 4.69) is 69.7 Å². The summed E-state index contributed by atoms with van der Waals surface area (Å²) in [7, 11) is 0. The van der Waals surface area contributed by atoms with Gasteiger partial charge in [0.15, 0.2) is 0 Å². The second-order valence-corrected chi connectivity index (χ2v) is 6.14. The quantitative estimate of drug-likeness (QED) is 0.788. The van der Waals surface area contributed by atoms with Gasteiger partial charge in [0.1, 0.15) is 0 Å². The fraction of sp³-hybridized carbons (Fsp3) is 0.500. The Kier molecular flexibility index (Phi) is 6.39. The molecule has 4 nitrogen and oxygen atoms in total. The highest BCUT2D eigenvalue weighted by Gasteiger charge is 2.17. The Labute approximate surface area is 135 Å². The van der Waals surface area contributed by atoms with Crippen LogP contribution >= 0.6 is 15.9 Å². The molecule has 2 aromatic rings. The summed E-state index contributed by atoms with van der Waals surface area (Å²) >= 11 is 3.54. The van der Waals surface area contributed by atoms with Gasteiger partial charge in [-0.2, -0.15) is 0 Å². The highest BCUT2D eigenvalue weighted by Crippen LogP contribution is 2.20. The fourth-order valence-electron chi connectivity index (χ4n) is 2.42. The molecule has 1 heterocycles. The molecule has 1 N–H and O–H groups in total. The SMILES string of the molecule is CCCNC(Cc1cccc(Br)c1)c1cnnn1CCC. The molecule has 21 heavy (non-hydrogen) atoms. The number of nitrogens with one attached hydrogen (secondary N) is 1. The predicted molar refractivity (Wildman–Crippen MR) is 89.2 cm³/mol. The highest BCUT2D eigenvalue weighted by molar-refractivity contribution is 9.10. The van der Waals surface area contributed by atoms with Gasteiger partial charge in [-0.3, -0.25) is 0 Å². The van der Waals surface area contributed by atoms with Gasteiger partial charge in [-0.25, -0.2) is 4.68 Å². The third-order valence-corrected chi connectivity index (χ3v) is 3.90. The molecule has 0 amide bonds. The minimum Gasteiger partial charge on any atom is -0.308 e. The molecule has 0 aliphatic carbocycles. The van der Waals surface area contributed by atoms with Crippen LogP contribution in [-0.4, -0.2) is 21.5 Å². The molecule has 0 bridgehead atoms. The van der Waals surface area contributed by atoms with Crippen LogP contribution in [0.4, 0.5) is 0 Å². The molecule has 0 spiro atoms. The van der Waals surface area contributed by atoms with Gasteiger partial charge in [0.05, 0.1) is 17.9 Å². The molecule has 0 aliphatic heterocycles. The third-order valence-electron chi connectivity index (χ3n) is 3.41. The lowest BCUT2D eigenvalue weighted by molar-refractivity contribution is 0.465. The predicted octanol–water partition coefficient (Wildman–Crippen LogP) is 3.73. The van der Waals surface area contributed by atoms with E-state index in [9.17, 15) is 0 Å². The summed E-state index contributed by atoms with van der Waals surface area (Å²) in [6.07, 6.45) is 5.01. The molecule has 5 heteroatoms. The lowest BCUT2D eigenvalue weighted by Crippen LogP contribution is -2.26. The number of hydrogen-bond donors (Lipinski definition) is 1. The Morgan fingerprint density at radius 3 is 2.86 bits per heavy atom. The van der Waals surface area contributed by atoms with Crippen molar-refractivity contribution in [1.29, 1.82) is 0 Å². The highest BCUT2D eigenvalue weighted by atomic mass is 79.9. The van der Waals surface area contributed by atoms with Crippen molar-refractivity contribution in [3.63, 3.8) is 0 Å². The van der Waals surface area contributed by atoms with Gasteiger partial charge in [-0.1, -0.05) is 47.1 Å². The minimum atomic E-state index is 0.251. The Bertz CT molecular complexity index is 553. The van der Waals surface area contributed by atoms with Crippen LogP contribution in [-0.2, 0) is 13.0 Å². The smallest absolute Gasteiger partial charge is 0.0759 e. The summed E-state index contributed by atoms with van der Waals surface area (Å²) in [6, 6.07) is 8.73. The third kappa shape index (κ3) is 4.64. The summed E-state index contributed by atoms with van der Waals surface area (Å²) in [5.74, 6) is 0. The van der Waals surface area contributed by atoms with Crippen molar-refractivity contribution in [3.05, 3.63) is 46.2 Å². The van der Waals surface area contributed by atoms with E-state index in [0.29, 0.717) is 0 Å². The van der Waals surface area contributed by atoms with Crippen molar-refractivity contribution < 1.29 is 0 Å². The Balaban J connectivity index is 2.19. The van der Waals surface area contributed by atoms with Crippen LogP contribution in [0.15, 0.2) is 34.9 Å². The molecule has 1 unspecified atom stereocenters. The molecule has 0 fully saturated rings. The number of nitrogens with zero attached hydrogens (tertiary/aromatic N) is 3. The van der Waals surface area contributed by atoms with Crippen LogP contribution in [0.5, 0.6) is 0 Å². The Morgan fingerprint density at radius 2 is 2.14 bits per heavy atom. The maximum absolute atomic E-state index is 4.21. The van der Waals surface area contributed by atoms with E-state index in [-0.39, 0.29) is 6.04 Å². The summed E-state index contributed by atoms with van der Waals surface area (Å²) in [5.41, 5.74) is 2.48. The molecule has 0 radical (unpaired) electrons. The lowest BCUT2D eigenvalue weighted by Gasteiger charge is -2.19. The number of rotatable bonds is 8. The Hall–Kier alpha value is -1.20. The second-order valence-electron chi connectivity index (χ2n) is 5.22. The van der Waals surface area contributed by atoms with Gasteiger partial charge in [-0.05, 0) is 43.5 Å². The first-order valence-electron chi connectivity index (χ1n) is 7.60. The van der Waals surface area contributed by atoms with Gasteiger partial charge in [0, 0.05) is 11.0 Å². The minimum absolute atomic E-state index is 0.251. The molecule has 1 aromatic carbocycles. The lowest BCUT2D eigenvalue weighted by atomic mass is 10.0. The van der Waals surface area contributed by atoms with Crippen molar-refractivity contribution >= 4 is 15.9 Å². The van der Waals surface area contributed by atoms with Crippen LogP contribution in [0.2, 0.25) is 0 Å². The number of hydrogen-bond acceptors (Lipinski definition) is 3. The van der Waals surface area contributed by atoms with Crippen molar-refractivity contribution in [1.82, 2.24) is 20.3 Å². The van der Waals surface area contributed by atoms with E-state index in [1.165, 1.54) is 11.3 Å². The topological polar surface area (TPSA) is 42.7 Å². The molecule has 1 atom stereocenters. The van der Waals surface area contributed by atoms with Gasteiger partial charge in [0.2, 0.25) is 0 Å². The van der Waals surface area contributed by atoms with Crippen LogP contribution in [0.3, 0.4) is 0 Å². The molecular formula is C16H23BrN4. The zero-order chi connectivity index (χ0) is 15.1. The first-order chi connectivity index (χ1) is 10.2. The Morgan fingerprint density at radius 1 is 1.29 bits per heavy atom. The number of aromatic nitrogens is 3. The van der Waals surface area contributed by atoms with Crippen molar-refractivity contribution in [2.45, 2.75) is 45.7 Å². The van der Waals surface area contributed by atoms with Crippen molar-refractivity contribution in [2.24, 2.45) is 0 Å². The number of halogens is 1. The van der Waals surface area contributed by atoms with E-state index in [1.807, 2.05) is 10.9 Å². The summed E-state index contributed by atoms with van der Waals surface area (Å²) in [5, 5.41) is 11.9. The number of aryl methyl sites for hydroxylation is 1. The second kappa shape index (κ2) is 8.29. The van der Waals surface area contributed by atoms with E-state index in [4.69, 9.17) is 0 Å². The first-order valence-corrected chi connectivity index (χ1v) is 8.40. The van der Waals surface area contributed by atoms with E-state index in [0.717, 1.165) is 36.8 Å². The molecule has 114 valence electrons. The van der Waals surface area contributed by atoms with Crippen molar-refractivity contribution in [3.8, 4) is 0 Å². The summed E-state index contributed by atoms with van der Waals surface area (Å²) in [4.78, 5) is 0. The fourth-order valence-corrected chi connectivity index (χ4v) is 2.87. The first kappa shape index (κ1) is 16.2. The van der Waals surface area contributed by atoms with Crippen LogP contribution in [0.1, 0.15) is 44.0 Å². The molecule has 2 rings (SSSR count). The maximum Gasteiger partial charge on any atom is 0.0759 e. The molecule has 1 aromatic heterocycles. The largest absolute Gasteiger partial charge is 0.308 e. The number of benzene rings is 1. The van der Waals surface area contributed by atoms with Gasteiger partial charge in [0.25, 0.3) is 0 Å². The van der Waals surface area contributed by atoms with Crippen LogP contribution in [0.25, 0.3) is 0 Å². The maximum atomic E-state index is 4.21. The van der Waals surface area contributed by atoms with Crippen molar-refractivity contribution in [2.75, 3.05) is 6.54 Å². The normalized spacial score (nSPS) is 12.5. The summed E-state index contributed by atoms with van der Waals surface area (Å²) < 4.78 is 3.14. The summed E-state index contributed by atoms with van der Waals surface area (Å²) in [6.45, 7) is 6.26. The molecule has 0 aliphatic rings. The van der Waals surface area contributed by atoms with Crippen LogP contribution in [0, 0.1) is 0 Å². The van der Waals surface area contributed by atoms with E-state index < -0.39 is 0 Å². The monoisotopic (exact) mass is 350 g/mol. The van der Waals surface area contributed by atoms with Gasteiger partial charge in [-0.15, -0.1) is 5.10 Å². The molecule has 0 saturated carbocycles. The molecule has 0 saturated heterocycles. The zero-order valence-electron chi connectivity index (χ0n) is 12.7. The average Bonchev–Trinajstić information content (AvgIpc) is 2.92.